The summed E-state index contributed by atoms with van der Waals surface area (Å²) in [6.45, 7) is 0.0669. The third-order valence-electron chi connectivity index (χ3n) is 4.23. The molecule has 1 aromatic rings. The monoisotopic (exact) mass is 275 g/mol. The summed E-state index contributed by atoms with van der Waals surface area (Å²) in [4.78, 5) is 12.0. The van der Waals surface area contributed by atoms with Crippen LogP contribution in [0.15, 0.2) is 30.3 Å². The molecule has 1 saturated carbocycles. The molecule has 3 nitrogen and oxygen atoms in total. The van der Waals surface area contributed by atoms with E-state index in [2.05, 4.69) is 17.4 Å². The minimum atomic E-state index is -0.345. The predicted molar refractivity (Wildman–Crippen MR) is 80.4 cm³/mol. The zero-order chi connectivity index (χ0) is 14.3. The second kappa shape index (κ2) is 7.44. The van der Waals surface area contributed by atoms with E-state index in [9.17, 15) is 9.90 Å². The Labute approximate surface area is 121 Å². The first kappa shape index (κ1) is 15.0. The van der Waals surface area contributed by atoms with Gasteiger partial charge in [-0.15, -0.1) is 0 Å². The lowest BCUT2D eigenvalue weighted by molar-refractivity contribution is -0.124. The number of hydrogen-bond acceptors (Lipinski definition) is 2. The summed E-state index contributed by atoms with van der Waals surface area (Å²) in [6, 6.07) is 10.2. The molecule has 0 heterocycles. The number of nitrogens with one attached hydrogen (secondary N) is 1. The number of benzene rings is 1. The zero-order valence-electron chi connectivity index (χ0n) is 12.1. The average Bonchev–Trinajstić information content (AvgIpc) is 2.49. The van der Waals surface area contributed by atoms with E-state index < -0.39 is 0 Å². The van der Waals surface area contributed by atoms with Gasteiger partial charge in [-0.3, -0.25) is 4.79 Å². The van der Waals surface area contributed by atoms with E-state index in [4.69, 9.17) is 0 Å². The first-order valence-corrected chi connectivity index (χ1v) is 7.70. The molecule has 0 unspecified atom stereocenters. The first-order chi connectivity index (χ1) is 9.74. The highest BCUT2D eigenvalue weighted by Gasteiger charge is 2.32. The molecule has 110 valence electrons. The van der Waals surface area contributed by atoms with Crippen LogP contribution in [0, 0.1) is 0 Å². The number of amides is 1. The molecule has 0 aromatic heterocycles. The normalized spacial score (nSPS) is 17.6. The van der Waals surface area contributed by atoms with Crippen molar-refractivity contribution in [3.63, 3.8) is 0 Å². The van der Waals surface area contributed by atoms with E-state index in [0.717, 1.165) is 38.5 Å². The summed E-state index contributed by atoms with van der Waals surface area (Å²) >= 11 is 0. The molecule has 3 heteroatoms. The van der Waals surface area contributed by atoms with Crippen molar-refractivity contribution in [2.45, 2.75) is 56.9 Å². The van der Waals surface area contributed by atoms with Crippen molar-refractivity contribution in [2.75, 3.05) is 6.61 Å². The molecule has 0 saturated heterocycles. The Morgan fingerprint density at radius 2 is 1.85 bits per heavy atom. The van der Waals surface area contributed by atoms with Crippen molar-refractivity contribution >= 4 is 5.91 Å². The van der Waals surface area contributed by atoms with Gasteiger partial charge >= 0.3 is 0 Å². The van der Waals surface area contributed by atoms with Crippen molar-refractivity contribution in [3.8, 4) is 0 Å². The van der Waals surface area contributed by atoms with Gasteiger partial charge < -0.3 is 10.4 Å². The Hall–Kier alpha value is -1.35. The number of aryl methyl sites for hydroxylation is 1. The number of carbonyl (C=O) groups is 1. The summed E-state index contributed by atoms with van der Waals surface area (Å²) in [5.74, 6) is 0.0804. The van der Waals surface area contributed by atoms with E-state index in [1.807, 2.05) is 18.2 Å². The lowest BCUT2D eigenvalue weighted by atomic mass is 9.82. The van der Waals surface area contributed by atoms with Crippen LogP contribution >= 0.6 is 0 Å². The molecule has 1 amide bonds. The van der Waals surface area contributed by atoms with Crippen molar-refractivity contribution in [2.24, 2.45) is 0 Å². The molecule has 20 heavy (non-hydrogen) atoms. The fraction of sp³-hybridized carbons (Fsp3) is 0.588. The fourth-order valence-corrected chi connectivity index (χ4v) is 3.01. The van der Waals surface area contributed by atoms with Crippen LogP contribution in [0.5, 0.6) is 0 Å². The van der Waals surface area contributed by atoms with Gasteiger partial charge in [0.05, 0.1) is 12.1 Å². The van der Waals surface area contributed by atoms with Crippen LogP contribution in [0.2, 0.25) is 0 Å². The summed E-state index contributed by atoms with van der Waals surface area (Å²) in [5, 5.41) is 12.7. The quantitative estimate of drug-likeness (QED) is 0.838. The maximum atomic E-state index is 12.0. The summed E-state index contributed by atoms with van der Waals surface area (Å²) in [5.41, 5.74) is 0.928. The molecule has 1 aliphatic rings. The van der Waals surface area contributed by atoms with Crippen molar-refractivity contribution in [3.05, 3.63) is 35.9 Å². The smallest absolute Gasteiger partial charge is 0.220 e. The maximum Gasteiger partial charge on any atom is 0.220 e. The Kier molecular flexibility index (Phi) is 5.60. The van der Waals surface area contributed by atoms with Gasteiger partial charge in [-0.05, 0) is 31.2 Å². The van der Waals surface area contributed by atoms with Gasteiger partial charge in [0.1, 0.15) is 0 Å². The van der Waals surface area contributed by atoms with Gasteiger partial charge in [-0.2, -0.15) is 0 Å². The van der Waals surface area contributed by atoms with Crippen molar-refractivity contribution < 1.29 is 9.90 Å². The minimum absolute atomic E-state index is 0.0669. The Bertz CT molecular complexity index is 410. The third-order valence-corrected chi connectivity index (χ3v) is 4.23. The highest BCUT2D eigenvalue weighted by Crippen LogP contribution is 2.27. The largest absolute Gasteiger partial charge is 0.394 e. The lowest BCUT2D eigenvalue weighted by Crippen LogP contribution is -2.52. The lowest BCUT2D eigenvalue weighted by Gasteiger charge is -2.36. The number of aliphatic hydroxyl groups excluding tert-OH is 1. The van der Waals surface area contributed by atoms with Crippen LogP contribution in [-0.4, -0.2) is 23.2 Å². The van der Waals surface area contributed by atoms with Gasteiger partial charge in [-0.25, -0.2) is 0 Å². The van der Waals surface area contributed by atoms with Crippen LogP contribution in [0.4, 0.5) is 0 Å². The van der Waals surface area contributed by atoms with Crippen LogP contribution in [-0.2, 0) is 11.2 Å². The van der Waals surface area contributed by atoms with E-state index in [-0.39, 0.29) is 18.1 Å². The molecule has 0 radical (unpaired) electrons. The molecular formula is C17H25NO2. The zero-order valence-corrected chi connectivity index (χ0v) is 12.1. The van der Waals surface area contributed by atoms with E-state index in [0.29, 0.717) is 6.42 Å². The molecular weight excluding hydrogens is 250 g/mol. The number of carbonyl (C=O) groups excluding carboxylic acids is 1. The average molecular weight is 275 g/mol. The van der Waals surface area contributed by atoms with Gasteiger partial charge in [0.2, 0.25) is 5.91 Å². The van der Waals surface area contributed by atoms with Gasteiger partial charge in [0.15, 0.2) is 0 Å². The Morgan fingerprint density at radius 3 is 2.50 bits per heavy atom. The second-order valence-corrected chi connectivity index (χ2v) is 5.89. The van der Waals surface area contributed by atoms with E-state index >= 15 is 0 Å². The van der Waals surface area contributed by atoms with Gasteiger partial charge in [0, 0.05) is 6.42 Å². The van der Waals surface area contributed by atoms with Gasteiger partial charge in [0.25, 0.3) is 0 Å². The SMILES string of the molecule is O=C(CCCc1ccccc1)NC1(CO)CCCCC1. The Morgan fingerprint density at radius 1 is 1.15 bits per heavy atom. The molecule has 0 spiro atoms. The first-order valence-electron chi connectivity index (χ1n) is 7.70. The summed E-state index contributed by atoms with van der Waals surface area (Å²) < 4.78 is 0. The molecule has 2 rings (SSSR count). The van der Waals surface area contributed by atoms with Crippen LogP contribution in [0.3, 0.4) is 0 Å². The van der Waals surface area contributed by atoms with E-state index in [1.165, 1.54) is 12.0 Å². The maximum absolute atomic E-state index is 12.0. The van der Waals surface area contributed by atoms with Crippen LogP contribution in [0.25, 0.3) is 0 Å². The third kappa shape index (κ3) is 4.34. The highest BCUT2D eigenvalue weighted by atomic mass is 16.3. The molecule has 0 atom stereocenters. The fourth-order valence-electron chi connectivity index (χ4n) is 3.01. The highest BCUT2D eigenvalue weighted by molar-refractivity contribution is 5.76. The molecule has 0 bridgehead atoms. The predicted octanol–water partition coefficient (Wildman–Crippen LogP) is 2.82. The summed E-state index contributed by atoms with van der Waals surface area (Å²) in [7, 11) is 0. The topological polar surface area (TPSA) is 49.3 Å². The number of rotatable bonds is 6. The molecule has 2 N–H and O–H groups in total. The van der Waals surface area contributed by atoms with Gasteiger partial charge in [-0.1, -0.05) is 49.6 Å². The van der Waals surface area contributed by atoms with E-state index in [1.54, 1.807) is 0 Å². The van der Waals surface area contributed by atoms with Crippen molar-refractivity contribution in [1.82, 2.24) is 5.32 Å². The Balaban J connectivity index is 1.74. The molecule has 1 aliphatic carbocycles. The molecule has 1 aromatic carbocycles. The van der Waals surface area contributed by atoms with Crippen LogP contribution < -0.4 is 5.32 Å². The number of hydrogen-bond donors (Lipinski definition) is 2. The number of aliphatic hydroxyl groups is 1. The second-order valence-electron chi connectivity index (χ2n) is 5.89. The molecule has 0 aliphatic heterocycles. The molecule has 1 fully saturated rings. The van der Waals surface area contributed by atoms with Crippen LogP contribution in [0.1, 0.15) is 50.5 Å². The minimum Gasteiger partial charge on any atom is -0.394 e. The standard InChI is InChI=1S/C17H25NO2/c19-14-17(12-5-2-6-13-17)18-16(20)11-7-10-15-8-3-1-4-9-15/h1,3-4,8-9,19H,2,5-7,10-14H2,(H,18,20). The van der Waals surface area contributed by atoms with Crippen molar-refractivity contribution in [1.29, 1.82) is 0 Å². The summed E-state index contributed by atoms with van der Waals surface area (Å²) in [6.07, 6.45) is 7.57.